The van der Waals surface area contributed by atoms with Crippen molar-refractivity contribution in [3.8, 4) is 0 Å². The Morgan fingerprint density at radius 1 is 1.10 bits per heavy atom. The molecule has 0 atom stereocenters. The summed E-state index contributed by atoms with van der Waals surface area (Å²) in [7, 11) is 0. The second kappa shape index (κ2) is 5.86. The zero-order valence-corrected chi connectivity index (χ0v) is 10.5. The molecule has 0 amide bonds. The van der Waals surface area contributed by atoms with Crippen molar-refractivity contribution in [2.45, 2.75) is 19.0 Å². The number of rotatable bonds is 4. The normalized spacial score (nSPS) is 11.3. The van der Waals surface area contributed by atoms with Crippen LogP contribution in [0.4, 0.5) is 13.2 Å². The standard InChI is InChI=1S/C15H12F3NO/c16-15(17,18)13-6-4-12(5-7-13)14(20)8-3-11-2-1-9-19-10-11/h1-2,4-7,9-10H,3,8H2. The van der Waals surface area contributed by atoms with Gasteiger partial charge in [-0.3, -0.25) is 9.78 Å². The molecular formula is C15H12F3NO. The van der Waals surface area contributed by atoms with Gasteiger partial charge in [-0.2, -0.15) is 13.2 Å². The monoisotopic (exact) mass is 279 g/mol. The molecule has 0 aliphatic carbocycles. The minimum Gasteiger partial charge on any atom is -0.294 e. The molecule has 2 nitrogen and oxygen atoms in total. The lowest BCUT2D eigenvalue weighted by atomic mass is 10.0. The highest BCUT2D eigenvalue weighted by molar-refractivity contribution is 5.96. The number of Topliss-reactive ketones (excluding diaryl/α,β-unsaturated/α-hetero) is 1. The second-order valence-corrected chi connectivity index (χ2v) is 4.36. The van der Waals surface area contributed by atoms with Gasteiger partial charge in [0.05, 0.1) is 5.56 Å². The summed E-state index contributed by atoms with van der Waals surface area (Å²) >= 11 is 0. The molecule has 0 aliphatic heterocycles. The number of benzene rings is 1. The highest BCUT2D eigenvalue weighted by atomic mass is 19.4. The number of alkyl halides is 3. The number of hydrogen-bond donors (Lipinski definition) is 0. The van der Waals surface area contributed by atoms with Gasteiger partial charge in [0.25, 0.3) is 0 Å². The van der Waals surface area contributed by atoms with E-state index >= 15 is 0 Å². The van der Waals surface area contributed by atoms with Crippen LogP contribution in [0.15, 0.2) is 48.8 Å². The molecule has 1 heterocycles. The molecule has 0 fully saturated rings. The van der Waals surface area contributed by atoms with Crippen LogP contribution in [0.2, 0.25) is 0 Å². The first-order valence-corrected chi connectivity index (χ1v) is 6.06. The maximum absolute atomic E-state index is 12.4. The Bertz CT molecular complexity index is 576. The van der Waals surface area contributed by atoms with E-state index in [2.05, 4.69) is 4.98 Å². The Labute approximate surface area is 114 Å². The Morgan fingerprint density at radius 2 is 1.80 bits per heavy atom. The fraction of sp³-hybridized carbons (Fsp3) is 0.200. The van der Waals surface area contributed by atoms with Crippen LogP contribution in [0.5, 0.6) is 0 Å². The van der Waals surface area contributed by atoms with E-state index in [4.69, 9.17) is 0 Å². The number of carbonyl (C=O) groups excluding carboxylic acids is 1. The first-order chi connectivity index (χ1) is 9.47. The van der Waals surface area contributed by atoms with E-state index < -0.39 is 11.7 Å². The smallest absolute Gasteiger partial charge is 0.294 e. The van der Waals surface area contributed by atoms with Gasteiger partial charge in [-0.25, -0.2) is 0 Å². The van der Waals surface area contributed by atoms with Crippen molar-refractivity contribution in [3.05, 3.63) is 65.5 Å². The molecule has 2 aromatic rings. The first-order valence-electron chi connectivity index (χ1n) is 6.06. The summed E-state index contributed by atoms with van der Waals surface area (Å²) in [6.45, 7) is 0. The van der Waals surface area contributed by atoms with Crippen LogP contribution in [0.3, 0.4) is 0 Å². The van der Waals surface area contributed by atoms with Gasteiger partial charge in [0.2, 0.25) is 0 Å². The van der Waals surface area contributed by atoms with Crippen molar-refractivity contribution < 1.29 is 18.0 Å². The number of aromatic nitrogens is 1. The van der Waals surface area contributed by atoms with Crippen LogP contribution in [0.1, 0.15) is 27.9 Å². The van der Waals surface area contributed by atoms with Crippen LogP contribution in [0, 0.1) is 0 Å². The highest BCUT2D eigenvalue weighted by Crippen LogP contribution is 2.29. The van der Waals surface area contributed by atoms with Crippen LogP contribution in [-0.4, -0.2) is 10.8 Å². The topological polar surface area (TPSA) is 30.0 Å². The minimum absolute atomic E-state index is 0.178. The predicted octanol–water partition coefficient (Wildman–Crippen LogP) is 3.92. The molecule has 0 saturated carbocycles. The number of pyridine rings is 1. The molecule has 0 unspecified atom stereocenters. The van der Waals surface area contributed by atoms with Crippen molar-refractivity contribution in [1.82, 2.24) is 4.98 Å². The van der Waals surface area contributed by atoms with Crippen molar-refractivity contribution in [2.24, 2.45) is 0 Å². The quantitative estimate of drug-likeness (QED) is 0.794. The number of halogens is 3. The first kappa shape index (κ1) is 14.2. The number of aryl methyl sites for hydroxylation is 1. The molecule has 0 saturated heterocycles. The zero-order chi connectivity index (χ0) is 14.6. The summed E-state index contributed by atoms with van der Waals surface area (Å²) in [4.78, 5) is 15.8. The van der Waals surface area contributed by atoms with E-state index in [0.717, 1.165) is 17.7 Å². The van der Waals surface area contributed by atoms with E-state index in [9.17, 15) is 18.0 Å². The third kappa shape index (κ3) is 3.66. The average molecular weight is 279 g/mol. The van der Waals surface area contributed by atoms with Gasteiger partial charge in [-0.1, -0.05) is 18.2 Å². The summed E-state index contributed by atoms with van der Waals surface area (Å²) in [5.74, 6) is -0.178. The lowest BCUT2D eigenvalue weighted by molar-refractivity contribution is -0.137. The van der Waals surface area contributed by atoms with Gasteiger partial charge in [0.15, 0.2) is 5.78 Å². The molecule has 5 heteroatoms. The van der Waals surface area contributed by atoms with Crippen molar-refractivity contribution >= 4 is 5.78 Å². The predicted molar refractivity (Wildman–Crippen MR) is 68.3 cm³/mol. The van der Waals surface area contributed by atoms with Crippen LogP contribution < -0.4 is 0 Å². The van der Waals surface area contributed by atoms with Gasteiger partial charge in [-0.05, 0) is 30.2 Å². The fourth-order valence-electron chi connectivity index (χ4n) is 1.79. The summed E-state index contributed by atoms with van der Waals surface area (Å²) in [5, 5.41) is 0. The molecule has 0 radical (unpaired) electrons. The summed E-state index contributed by atoms with van der Waals surface area (Å²) in [6, 6.07) is 7.92. The van der Waals surface area contributed by atoms with Crippen molar-refractivity contribution in [3.63, 3.8) is 0 Å². The lowest BCUT2D eigenvalue weighted by Crippen LogP contribution is -2.06. The molecule has 104 valence electrons. The Kier molecular flexibility index (Phi) is 4.17. The van der Waals surface area contributed by atoms with E-state index in [0.29, 0.717) is 12.0 Å². The molecule has 1 aromatic heterocycles. The summed E-state index contributed by atoms with van der Waals surface area (Å²) in [5.41, 5.74) is 0.468. The summed E-state index contributed by atoms with van der Waals surface area (Å²) in [6.07, 6.45) is -0.302. The van der Waals surface area contributed by atoms with Gasteiger partial charge < -0.3 is 0 Å². The number of hydrogen-bond acceptors (Lipinski definition) is 2. The Balaban J connectivity index is 1.99. The fourth-order valence-corrected chi connectivity index (χ4v) is 1.79. The third-order valence-corrected chi connectivity index (χ3v) is 2.90. The molecule has 0 aliphatic rings. The van der Waals surface area contributed by atoms with Crippen LogP contribution in [0.25, 0.3) is 0 Å². The lowest BCUT2D eigenvalue weighted by Gasteiger charge is -2.07. The van der Waals surface area contributed by atoms with Gasteiger partial charge >= 0.3 is 6.18 Å². The summed E-state index contributed by atoms with van der Waals surface area (Å²) < 4.78 is 37.2. The SMILES string of the molecule is O=C(CCc1cccnc1)c1ccc(C(F)(F)F)cc1. The van der Waals surface area contributed by atoms with Crippen LogP contribution >= 0.6 is 0 Å². The van der Waals surface area contributed by atoms with E-state index in [1.807, 2.05) is 6.07 Å². The Hall–Kier alpha value is -2.17. The minimum atomic E-state index is -4.38. The molecule has 0 bridgehead atoms. The van der Waals surface area contributed by atoms with E-state index in [1.54, 1.807) is 18.5 Å². The maximum atomic E-state index is 12.4. The maximum Gasteiger partial charge on any atom is 0.416 e. The second-order valence-electron chi connectivity index (χ2n) is 4.36. The highest BCUT2D eigenvalue weighted by Gasteiger charge is 2.30. The Morgan fingerprint density at radius 3 is 2.35 bits per heavy atom. The van der Waals surface area contributed by atoms with Crippen molar-refractivity contribution in [1.29, 1.82) is 0 Å². The third-order valence-electron chi connectivity index (χ3n) is 2.90. The molecular weight excluding hydrogens is 267 g/mol. The van der Waals surface area contributed by atoms with Gasteiger partial charge in [0.1, 0.15) is 0 Å². The average Bonchev–Trinajstić information content (AvgIpc) is 2.45. The largest absolute Gasteiger partial charge is 0.416 e. The van der Waals surface area contributed by atoms with E-state index in [-0.39, 0.29) is 12.2 Å². The molecule has 1 aromatic carbocycles. The zero-order valence-electron chi connectivity index (χ0n) is 10.5. The van der Waals surface area contributed by atoms with E-state index in [1.165, 1.54) is 12.1 Å². The number of nitrogens with zero attached hydrogens (tertiary/aromatic N) is 1. The van der Waals surface area contributed by atoms with Gasteiger partial charge in [0, 0.05) is 24.4 Å². The molecule has 0 N–H and O–H groups in total. The molecule has 20 heavy (non-hydrogen) atoms. The van der Waals surface area contributed by atoms with Gasteiger partial charge in [-0.15, -0.1) is 0 Å². The van der Waals surface area contributed by atoms with Crippen LogP contribution in [-0.2, 0) is 12.6 Å². The number of ketones is 1. The van der Waals surface area contributed by atoms with Crippen molar-refractivity contribution in [2.75, 3.05) is 0 Å². The number of carbonyl (C=O) groups is 1. The molecule has 0 spiro atoms. The molecule has 2 rings (SSSR count).